The maximum atomic E-state index is 12.3. The van der Waals surface area contributed by atoms with Gasteiger partial charge >= 0.3 is 0 Å². The summed E-state index contributed by atoms with van der Waals surface area (Å²) in [7, 11) is 0. The molecule has 0 unspecified atom stereocenters. The van der Waals surface area contributed by atoms with Crippen LogP contribution in [-0.4, -0.2) is 29.1 Å². The van der Waals surface area contributed by atoms with Gasteiger partial charge in [-0.3, -0.25) is 4.79 Å². The van der Waals surface area contributed by atoms with E-state index in [1.54, 1.807) is 13.0 Å². The zero-order valence-electron chi connectivity index (χ0n) is 11.8. The Morgan fingerprint density at radius 2 is 2.20 bits per heavy atom. The molecule has 0 aromatic carbocycles. The molecule has 20 heavy (non-hydrogen) atoms. The van der Waals surface area contributed by atoms with Gasteiger partial charge in [0.05, 0.1) is 21.9 Å². The van der Waals surface area contributed by atoms with Crippen LogP contribution >= 0.6 is 23.2 Å². The second-order valence-corrected chi connectivity index (χ2v) is 6.43. The van der Waals surface area contributed by atoms with Crippen LogP contribution in [0, 0.1) is 6.92 Å². The topological polar surface area (TPSA) is 51.2 Å². The first kappa shape index (κ1) is 15.5. The molecule has 1 saturated heterocycles. The lowest BCUT2D eigenvalue weighted by Gasteiger charge is -2.35. The Labute approximate surface area is 128 Å². The second kappa shape index (κ2) is 5.88. The summed E-state index contributed by atoms with van der Waals surface area (Å²) in [6, 6.07) is 1.66. The number of ether oxygens (including phenoxy) is 1. The average molecular weight is 317 g/mol. The maximum Gasteiger partial charge on any atom is 0.253 e. The monoisotopic (exact) mass is 316 g/mol. The lowest BCUT2D eigenvalue weighted by Crippen LogP contribution is -2.46. The molecule has 2 heterocycles. The standard InChI is InChI=1S/C14H18Cl2N2O2/c1-8-10(6-11(15)12(16)17-8)13(19)18-9-4-5-20-14(2,3)7-9/h6,9H,4-5,7H2,1-3H3,(H,18,19)/t9-/m1/s1. The number of hydrogen-bond acceptors (Lipinski definition) is 3. The number of halogens is 2. The van der Waals surface area contributed by atoms with Gasteiger partial charge in [0.1, 0.15) is 5.15 Å². The molecular weight excluding hydrogens is 299 g/mol. The van der Waals surface area contributed by atoms with Gasteiger partial charge in [0.15, 0.2) is 0 Å². The van der Waals surface area contributed by atoms with Crippen molar-refractivity contribution in [3.63, 3.8) is 0 Å². The number of aryl methyl sites for hydroxylation is 1. The molecule has 0 saturated carbocycles. The number of carbonyl (C=O) groups excluding carboxylic acids is 1. The lowest BCUT2D eigenvalue weighted by atomic mass is 9.93. The van der Waals surface area contributed by atoms with Crippen molar-refractivity contribution in [3.05, 3.63) is 27.5 Å². The number of pyridine rings is 1. The molecule has 1 aliphatic rings. The first-order chi connectivity index (χ1) is 9.28. The van der Waals surface area contributed by atoms with E-state index in [-0.39, 0.29) is 27.7 Å². The fourth-order valence-electron chi connectivity index (χ4n) is 2.40. The highest BCUT2D eigenvalue weighted by Crippen LogP contribution is 2.25. The Kier molecular flexibility index (Phi) is 4.57. The minimum atomic E-state index is -0.207. The van der Waals surface area contributed by atoms with Crippen LogP contribution < -0.4 is 5.32 Å². The van der Waals surface area contributed by atoms with Crippen molar-refractivity contribution in [3.8, 4) is 0 Å². The van der Waals surface area contributed by atoms with Crippen molar-refractivity contribution in [1.29, 1.82) is 0 Å². The number of rotatable bonds is 2. The van der Waals surface area contributed by atoms with Gasteiger partial charge in [0.2, 0.25) is 0 Å². The minimum Gasteiger partial charge on any atom is -0.375 e. The van der Waals surface area contributed by atoms with Crippen molar-refractivity contribution in [2.75, 3.05) is 6.61 Å². The van der Waals surface area contributed by atoms with Crippen molar-refractivity contribution in [2.45, 2.75) is 45.3 Å². The van der Waals surface area contributed by atoms with E-state index >= 15 is 0 Å². The molecule has 0 aliphatic carbocycles. The largest absolute Gasteiger partial charge is 0.375 e. The molecular formula is C14H18Cl2N2O2. The smallest absolute Gasteiger partial charge is 0.253 e. The predicted molar refractivity (Wildman–Crippen MR) is 79.5 cm³/mol. The molecule has 1 atom stereocenters. The summed E-state index contributed by atoms with van der Waals surface area (Å²) in [5, 5.41) is 3.52. The van der Waals surface area contributed by atoms with Crippen molar-refractivity contribution in [1.82, 2.24) is 10.3 Å². The molecule has 1 fully saturated rings. The van der Waals surface area contributed by atoms with Crippen LogP contribution in [0.25, 0.3) is 0 Å². The first-order valence-electron chi connectivity index (χ1n) is 6.56. The zero-order chi connectivity index (χ0) is 14.9. The lowest BCUT2D eigenvalue weighted by molar-refractivity contribution is -0.0615. The van der Waals surface area contributed by atoms with Gasteiger partial charge in [-0.2, -0.15) is 0 Å². The van der Waals surface area contributed by atoms with E-state index in [1.165, 1.54) is 0 Å². The highest BCUT2D eigenvalue weighted by Gasteiger charge is 2.30. The summed E-state index contributed by atoms with van der Waals surface area (Å²) in [6.45, 7) is 6.44. The van der Waals surface area contributed by atoms with Crippen LogP contribution in [0.3, 0.4) is 0 Å². The van der Waals surface area contributed by atoms with Crippen LogP contribution in [0.5, 0.6) is 0 Å². The zero-order valence-corrected chi connectivity index (χ0v) is 13.3. The van der Waals surface area contributed by atoms with E-state index in [9.17, 15) is 4.79 Å². The normalized spacial score (nSPS) is 21.6. The molecule has 1 aliphatic heterocycles. The third kappa shape index (κ3) is 3.62. The minimum absolute atomic E-state index is 0.0973. The van der Waals surface area contributed by atoms with Crippen molar-refractivity contribution in [2.24, 2.45) is 0 Å². The van der Waals surface area contributed by atoms with Crippen LogP contribution in [0.4, 0.5) is 0 Å². The highest BCUT2D eigenvalue weighted by molar-refractivity contribution is 6.41. The molecule has 1 aromatic rings. The Balaban J connectivity index is 2.11. The number of nitrogens with zero attached hydrogens (tertiary/aromatic N) is 1. The van der Waals surface area contributed by atoms with E-state index in [0.29, 0.717) is 17.9 Å². The Bertz CT molecular complexity index is 532. The molecule has 4 nitrogen and oxygen atoms in total. The molecule has 0 radical (unpaired) electrons. The van der Waals surface area contributed by atoms with Crippen LogP contribution in [-0.2, 0) is 4.74 Å². The number of amides is 1. The Morgan fingerprint density at radius 3 is 2.85 bits per heavy atom. The van der Waals surface area contributed by atoms with E-state index < -0.39 is 0 Å². The summed E-state index contributed by atoms with van der Waals surface area (Å²) in [4.78, 5) is 16.4. The van der Waals surface area contributed by atoms with Gasteiger partial charge in [-0.25, -0.2) is 4.98 Å². The number of aromatic nitrogens is 1. The van der Waals surface area contributed by atoms with Gasteiger partial charge < -0.3 is 10.1 Å². The van der Waals surface area contributed by atoms with Gasteiger partial charge in [-0.1, -0.05) is 23.2 Å². The molecule has 0 bridgehead atoms. The SMILES string of the molecule is Cc1nc(Cl)c(Cl)cc1C(=O)N[C@@H]1CCOC(C)(C)C1. The predicted octanol–water partition coefficient (Wildman–Crippen LogP) is 3.38. The molecule has 1 aromatic heterocycles. The molecule has 1 N–H and O–H groups in total. The summed E-state index contributed by atoms with van der Waals surface area (Å²) in [6.07, 6.45) is 1.59. The van der Waals surface area contributed by atoms with Gasteiger partial charge in [-0.15, -0.1) is 0 Å². The quantitative estimate of drug-likeness (QED) is 0.851. The van der Waals surface area contributed by atoms with Gasteiger partial charge in [0.25, 0.3) is 5.91 Å². The fourth-order valence-corrected chi connectivity index (χ4v) is 2.73. The Hall–Kier alpha value is -0.840. The molecule has 110 valence electrons. The third-order valence-electron chi connectivity index (χ3n) is 3.40. The average Bonchev–Trinajstić information content (AvgIpc) is 2.32. The molecule has 1 amide bonds. The summed E-state index contributed by atoms with van der Waals surface area (Å²) in [5.41, 5.74) is 0.827. The van der Waals surface area contributed by atoms with Crippen LogP contribution in [0.15, 0.2) is 6.07 Å². The first-order valence-corrected chi connectivity index (χ1v) is 7.31. The van der Waals surface area contributed by atoms with Gasteiger partial charge in [0, 0.05) is 12.6 Å². The maximum absolute atomic E-state index is 12.3. The molecule has 6 heteroatoms. The number of hydrogen-bond donors (Lipinski definition) is 1. The second-order valence-electron chi connectivity index (χ2n) is 5.67. The van der Waals surface area contributed by atoms with E-state index in [0.717, 1.165) is 12.8 Å². The van der Waals surface area contributed by atoms with E-state index in [4.69, 9.17) is 27.9 Å². The third-order valence-corrected chi connectivity index (χ3v) is 4.07. The number of carbonyl (C=O) groups is 1. The summed E-state index contributed by atoms with van der Waals surface area (Å²) >= 11 is 11.8. The van der Waals surface area contributed by atoms with E-state index in [1.807, 2.05) is 13.8 Å². The van der Waals surface area contributed by atoms with Crippen molar-refractivity contribution < 1.29 is 9.53 Å². The van der Waals surface area contributed by atoms with Crippen LogP contribution in [0.1, 0.15) is 42.7 Å². The van der Waals surface area contributed by atoms with Crippen molar-refractivity contribution >= 4 is 29.1 Å². The number of nitrogens with one attached hydrogen (secondary N) is 1. The highest BCUT2D eigenvalue weighted by atomic mass is 35.5. The van der Waals surface area contributed by atoms with Gasteiger partial charge in [-0.05, 0) is 39.7 Å². The fraction of sp³-hybridized carbons (Fsp3) is 0.571. The summed E-state index contributed by atoms with van der Waals surface area (Å²) < 4.78 is 5.64. The van der Waals surface area contributed by atoms with E-state index in [2.05, 4.69) is 10.3 Å². The summed E-state index contributed by atoms with van der Waals surface area (Å²) in [5.74, 6) is -0.170. The molecule has 0 spiro atoms. The van der Waals surface area contributed by atoms with Crippen LogP contribution in [0.2, 0.25) is 10.2 Å². The Morgan fingerprint density at radius 1 is 1.50 bits per heavy atom. The molecule has 2 rings (SSSR count).